The summed E-state index contributed by atoms with van der Waals surface area (Å²) in [6.45, 7) is 2.48. The Kier molecular flexibility index (Phi) is 4.89. The minimum atomic E-state index is -0.676. The van der Waals surface area contributed by atoms with Crippen LogP contribution in [-0.2, 0) is 6.42 Å². The van der Waals surface area contributed by atoms with Gasteiger partial charge in [-0.05, 0) is 37.1 Å². The molecule has 5 nitrogen and oxygen atoms in total. The summed E-state index contributed by atoms with van der Waals surface area (Å²) in [6.07, 6.45) is 2.81. The molecule has 0 amide bonds. The van der Waals surface area contributed by atoms with E-state index in [0.717, 1.165) is 23.7 Å². The molecule has 0 atom stereocenters. The van der Waals surface area contributed by atoms with Crippen molar-refractivity contribution >= 4 is 28.4 Å². The van der Waals surface area contributed by atoms with Crippen LogP contribution in [0.5, 0.6) is 0 Å². The molecule has 7 heteroatoms. The van der Waals surface area contributed by atoms with Crippen molar-refractivity contribution in [2.24, 2.45) is 0 Å². The normalized spacial score (nSPS) is 11.0. The molecule has 0 aliphatic carbocycles. The van der Waals surface area contributed by atoms with Gasteiger partial charge < -0.3 is 15.6 Å². The van der Waals surface area contributed by atoms with Crippen LogP contribution in [0, 0.1) is 18.6 Å². The summed E-state index contributed by atoms with van der Waals surface area (Å²) in [5.74, 6) is -0.413. The fourth-order valence-corrected chi connectivity index (χ4v) is 3.09. The van der Waals surface area contributed by atoms with E-state index in [1.54, 1.807) is 6.07 Å². The quantitative estimate of drug-likeness (QED) is 0.444. The van der Waals surface area contributed by atoms with Crippen molar-refractivity contribution in [3.8, 4) is 0 Å². The molecule has 28 heavy (non-hydrogen) atoms. The van der Waals surface area contributed by atoms with Gasteiger partial charge in [-0.15, -0.1) is 0 Å². The van der Waals surface area contributed by atoms with E-state index in [1.807, 2.05) is 31.3 Å². The Morgan fingerprint density at radius 2 is 1.89 bits per heavy atom. The highest BCUT2D eigenvalue weighted by molar-refractivity contribution is 5.83. The molecule has 0 aliphatic rings. The van der Waals surface area contributed by atoms with Crippen molar-refractivity contribution in [2.45, 2.75) is 13.3 Å². The fourth-order valence-electron chi connectivity index (χ4n) is 3.09. The number of aromatic amines is 1. The Morgan fingerprint density at radius 3 is 2.75 bits per heavy atom. The van der Waals surface area contributed by atoms with Gasteiger partial charge in [-0.25, -0.2) is 13.8 Å². The lowest BCUT2D eigenvalue weighted by molar-refractivity contribution is 0.586. The molecule has 4 aromatic rings. The van der Waals surface area contributed by atoms with Gasteiger partial charge in [-0.3, -0.25) is 0 Å². The van der Waals surface area contributed by atoms with E-state index in [4.69, 9.17) is 0 Å². The number of fused-ring (bicyclic) bond motifs is 1. The molecule has 0 spiro atoms. The van der Waals surface area contributed by atoms with Crippen molar-refractivity contribution in [2.75, 3.05) is 17.2 Å². The largest absolute Gasteiger partial charge is 0.361 e. The van der Waals surface area contributed by atoms with Crippen LogP contribution in [0.2, 0.25) is 0 Å². The number of rotatable bonds is 6. The Labute approximate surface area is 160 Å². The van der Waals surface area contributed by atoms with Gasteiger partial charge in [0.25, 0.3) is 0 Å². The number of nitrogens with one attached hydrogen (secondary N) is 3. The van der Waals surface area contributed by atoms with E-state index in [9.17, 15) is 8.78 Å². The van der Waals surface area contributed by atoms with Crippen LogP contribution in [0.1, 0.15) is 11.3 Å². The van der Waals surface area contributed by atoms with Crippen molar-refractivity contribution in [1.29, 1.82) is 0 Å². The predicted octanol–water partition coefficient (Wildman–Crippen LogP) is 4.94. The standard InChI is InChI=1S/C21H19F2N5/c1-13-10-20(27-19-7-6-15(22)11-17(19)23)28-21(26-13)24-9-8-14-12-25-18-5-3-2-4-16(14)18/h2-7,10-12,25H,8-9H2,1H3,(H2,24,26,27,28). The molecule has 2 aromatic carbocycles. The lowest BCUT2D eigenvalue weighted by Gasteiger charge is -2.10. The van der Waals surface area contributed by atoms with Crippen LogP contribution in [0.4, 0.5) is 26.2 Å². The monoisotopic (exact) mass is 379 g/mol. The first-order valence-corrected chi connectivity index (χ1v) is 8.95. The van der Waals surface area contributed by atoms with Crippen LogP contribution in [-0.4, -0.2) is 21.5 Å². The van der Waals surface area contributed by atoms with E-state index in [2.05, 4.69) is 31.7 Å². The molecule has 4 rings (SSSR count). The zero-order valence-electron chi connectivity index (χ0n) is 15.3. The van der Waals surface area contributed by atoms with Crippen LogP contribution in [0.3, 0.4) is 0 Å². The third-order valence-corrected chi connectivity index (χ3v) is 4.40. The molecule has 0 radical (unpaired) electrons. The molecule has 0 bridgehead atoms. The van der Waals surface area contributed by atoms with Gasteiger partial charge in [0.1, 0.15) is 17.5 Å². The molecule has 2 heterocycles. The smallest absolute Gasteiger partial charge is 0.224 e. The summed E-state index contributed by atoms with van der Waals surface area (Å²) in [4.78, 5) is 12.0. The number of hydrogen-bond donors (Lipinski definition) is 3. The third-order valence-electron chi connectivity index (χ3n) is 4.40. The Hall–Kier alpha value is -3.48. The van der Waals surface area contributed by atoms with Gasteiger partial charge in [0.05, 0.1) is 5.69 Å². The van der Waals surface area contributed by atoms with Crippen molar-refractivity contribution in [3.63, 3.8) is 0 Å². The molecular weight excluding hydrogens is 360 g/mol. The van der Waals surface area contributed by atoms with E-state index in [1.165, 1.54) is 23.1 Å². The summed E-state index contributed by atoms with van der Waals surface area (Å²) < 4.78 is 26.9. The third kappa shape index (κ3) is 3.93. The minimum absolute atomic E-state index is 0.157. The maximum Gasteiger partial charge on any atom is 0.224 e. The summed E-state index contributed by atoms with van der Waals surface area (Å²) in [5, 5.41) is 7.28. The van der Waals surface area contributed by atoms with Crippen molar-refractivity contribution in [3.05, 3.63) is 77.6 Å². The zero-order valence-corrected chi connectivity index (χ0v) is 15.3. The number of nitrogens with zero attached hydrogens (tertiary/aromatic N) is 2. The maximum absolute atomic E-state index is 13.9. The highest BCUT2D eigenvalue weighted by Crippen LogP contribution is 2.21. The number of halogens is 2. The molecule has 2 aromatic heterocycles. The summed E-state index contributed by atoms with van der Waals surface area (Å²) in [7, 11) is 0. The first kappa shape index (κ1) is 17.9. The van der Waals surface area contributed by atoms with Gasteiger partial charge in [0.15, 0.2) is 0 Å². The second kappa shape index (κ2) is 7.64. The molecule has 0 fully saturated rings. The number of aromatic nitrogens is 3. The summed E-state index contributed by atoms with van der Waals surface area (Å²) in [6, 6.07) is 13.2. The molecule has 0 saturated carbocycles. The molecule has 3 N–H and O–H groups in total. The lowest BCUT2D eigenvalue weighted by atomic mass is 10.1. The van der Waals surface area contributed by atoms with Gasteiger partial charge in [-0.2, -0.15) is 4.98 Å². The van der Waals surface area contributed by atoms with Gasteiger partial charge in [-0.1, -0.05) is 18.2 Å². The number of para-hydroxylation sites is 1. The zero-order chi connectivity index (χ0) is 19.5. The second-order valence-electron chi connectivity index (χ2n) is 6.50. The number of hydrogen-bond acceptors (Lipinski definition) is 4. The SMILES string of the molecule is Cc1cc(Nc2ccc(F)cc2F)nc(NCCc2c[nH]c3ccccc23)n1. The van der Waals surface area contributed by atoms with Gasteiger partial charge >= 0.3 is 0 Å². The second-order valence-corrected chi connectivity index (χ2v) is 6.50. The van der Waals surface area contributed by atoms with Crippen molar-refractivity contribution in [1.82, 2.24) is 15.0 Å². The lowest BCUT2D eigenvalue weighted by Crippen LogP contribution is -2.09. The highest BCUT2D eigenvalue weighted by Gasteiger charge is 2.08. The first-order chi connectivity index (χ1) is 13.6. The Morgan fingerprint density at radius 1 is 1.04 bits per heavy atom. The summed E-state index contributed by atoms with van der Waals surface area (Å²) in [5.41, 5.74) is 3.21. The first-order valence-electron chi connectivity index (χ1n) is 8.95. The number of H-pyrrole nitrogens is 1. The van der Waals surface area contributed by atoms with E-state index in [0.29, 0.717) is 18.3 Å². The molecule has 142 valence electrons. The molecule has 0 aliphatic heterocycles. The maximum atomic E-state index is 13.9. The average molecular weight is 379 g/mol. The number of benzene rings is 2. The predicted molar refractivity (Wildman–Crippen MR) is 107 cm³/mol. The van der Waals surface area contributed by atoms with Crippen LogP contribution in [0.25, 0.3) is 10.9 Å². The number of anilines is 3. The Balaban J connectivity index is 1.45. The fraction of sp³-hybridized carbons (Fsp3) is 0.143. The Bertz CT molecular complexity index is 1120. The number of aryl methyl sites for hydroxylation is 1. The van der Waals surface area contributed by atoms with E-state index < -0.39 is 11.6 Å². The average Bonchev–Trinajstić information content (AvgIpc) is 3.07. The van der Waals surface area contributed by atoms with E-state index in [-0.39, 0.29) is 5.69 Å². The minimum Gasteiger partial charge on any atom is -0.361 e. The van der Waals surface area contributed by atoms with Crippen LogP contribution in [0.15, 0.2) is 54.7 Å². The van der Waals surface area contributed by atoms with Gasteiger partial charge in [0, 0.05) is 41.5 Å². The van der Waals surface area contributed by atoms with Crippen LogP contribution >= 0.6 is 0 Å². The molecule has 0 unspecified atom stereocenters. The highest BCUT2D eigenvalue weighted by atomic mass is 19.1. The van der Waals surface area contributed by atoms with Gasteiger partial charge in [0.2, 0.25) is 5.95 Å². The topological polar surface area (TPSA) is 65.6 Å². The molecular formula is C21H19F2N5. The van der Waals surface area contributed by atoms with E-state index >= 15 is 0 Å². The molecule has 0 saturated heterocycles. The summed E-state index contributed by atoms with van der Waals surface area (Å²) >= 11 is 0. The van der Waals surface area contributed by atoms with Crippen LogP contribution < -0.4 is 10.6 Å². The van der Waals surface area contributed by atoms with Crippen molar-refractivity contribution < 1.29 is 8.78 Å².